The van der Waals surface area contributed by atoms with Crippen LogP contribution in [-0.4, -0.2) is 39.2 Å². The number of rotatable bonds is 2. The summed E-state index contributed by atoms with van der Waals surface area (Å²) in [6.07, 6.45) is -4.18. The van der Waals surface area contributed by atoms with Gasteiger partial charge in [0, 0.05) is 6.20 Å². The first-order chi connectivity index (χ1) is 8.71. The number of nitrogens with two attached hydrogens (primary N) is 1. The molecule has 0 unspecified atom stereocenters. The normalized spacial score (nSPS) is 28.5. The first-order valence-electron chi connectivity index (χ1n) is 5.08. The van der Waals surface area contributed by atoms with Crippen molar-refractivity contribution >= 4 is 5.82 Å². The highest BCUT2D eigenvalue weighted by molar-refractivity contribution is 5.23. The molecule has 19 heavy (non-hydrogen) atoms. The van der Waals surface area contributed by atoms with Gasteiger partial charge in [-0.15, -0.1) is 0 Å². The summed E-state index contributed by atoms with van der Waals surface area (Å²) in [6.45, 7) is -1.31. The standard InChI is InChI=1S/C9H9F4N3O3/c10-8(11)4(3-17)19-6(9(8,12)13)16-2-1-5(14)15-7(16)18/h1-2,4,6,17H,3H2,(H2,14,15,18)/t4-,6-/m1/s1. The lowest BCUT2D eigenvalue weighted by Crippen LogP contribution is -2.47. The number of nitrogens with zero attached hydrogens (tertiary/aromatic N) is 2. The molecule has 0 saturated carbocycles. The van der Waals surface area contributed by atoms with Gasteiger partial charge >= 0.3 is 17.5 Å². The van der Waals surface area contributed by atoms with Gasteiger partial charge in [0.25, 0.3) is 0 Å². The fraction of sp³-hybridized carbons (Fsp3) is 0.556. The van der Waals surface area contributed by atoms with E-state index in [9.17, 15) is 22.4 Å². The Morgan fingerprint density at radius 3 is 2.53 bits per heavy atom. The average molecular weight is 283 g/mol. The van der Waals surface area contributed by atoms with Gasteiger partial charge in [-0.1, -0.05) is 0 Å². The Morgan fingerprint density at radius 1 is 1.42 bits per heavy atom. The van der Waals surface area contributed by atoms with Crippen LogP contribution in [0.5, 0.6) is 0 Å². The number of aliphatic hydroxyl groups excluding tert-OH is 1. The second-order valence-electron chi connectivity index (χ2n) is 3.95. The van der Waals surface area contributed by atoms with Crippen LogP contribution in [0, 0.1) is 0 Å². The third kappa shape index (κ3) is 1.87. The number of aromatic nitrogens is 2. The highest BCUT2D eigenvalue weighted by Gasteiger charge is 2.73. The fourth-order valence-electron chi connectivity index (χ4n) is 1.71. The number of alkyl halides is 4. The minimum atomic E-state index is -4.66. The number of nitrogen functional groups attached to an aromatic ring is 1. The molecule has 2 heterocycles. The molecule has 1 aliphatic rings. The third-order valence-electron chi connectivity index (χ3n) is 2.72. The van der Waals surface area contributed by atoms with Crippen LogP contribution in [-0.2, 0) is 4.74 Å². The topological polar surface area (TPSA) is 90.4 Å². The van der Waals surface area contributed by atoms with Crippen molar-refractivity contribution < 1.29 is 27.4 Å². The monoisotopic (exact) mass is 283 g/mol. The maximum atomic E-state index is 13.6. The van der Waals surface area contributed by atoms with E-state index < -0.39 is 36.5 Å². The Kier molecular flexibility index (Phi) is 3.01. The van der Waals surface area contributed by atoms with E-state index in [2.05, 4.69) is 9.72 Å². The molecular formula is C9H9F4N3O3. The molecule has 2 atom stereocenters. The second-order valence-corrected chi connectivity index (χ2v) is 3.95. The molecule has 0 radical (unpaired) electrons. The zero-order valence-corrected chi connectivity index (χ0v) is 9.26. The molecule has 6 nitrogen and oxygen atoms in total. The van der Waals surface area contributed by atoms with Crippen molar-refractivity contribution in [2.24, 2.45) is 0 Å². The van der Waals surface area contributed by atoms with E-state index in [1.165, 1.54) is 0 Å². The van der Waals surface area contributed by atoms with E-state index in [1.54, 1.807) is 0 Å². The van der Waals surface area contributed by atoms with Gasteiger partial charge in [-0.2, -0.15) is 22.5 Å². The summed E-state index contributed by atoms with van der Waals surface area (Å²) in [6, 6.07) is 0.991. The number of anilines is 1. The molecule has 1 fully saturated rings. The highest BCUT2D eigenvalue weighted by Crippen LogP contribution is 2.52. The van der Waals surface area contributed by atoms with Gasteiger partial charge in [-0.25, -0.2) is 4.79 Å². The zero-order chi connectivity index (χ0) is 14.4. The lowest BCUT2D eigenvalue weighted by molar-refractivity contribution is -0.210. The summed E-state index contributed by atoms with van der Waals surface area (Å²) in [5.41, 5.74) is 3.91. The molecule has 2 rings (SSSR count). The summed E-state index contributed by atoms with van der Waals surface area (Å²) in [4.78, 5) is 14.5. The van der Waals surface area contributed by atoms with Crippen LogP contribution in [0.25, 0.3) is 0 Å². The van der Waals surface area contributed by atoms with Crippen molar-refractivity contribution in [1.82, 2.24) is 9.55 Å². The highest BCUT2D eigenvalue weighted by atomic mass is 19.3. The van der Waals surface area contributed by atoms with Crippen molar-refractivity contribution in [1.29, 1.82) is 0 Å². The van der Waals surface area contributed by atoms with E-state index in [0.29, 0.717) is 0 Å². The molecular weight excluding hydrogens is 274 g/mol. The largest absolute Gasteiger partial charge is 0.393 e. The first-order valence-corrected chi connectivity index (χ1v) is 5.08. The number of aliphatic hydroxyl groups is 1. The molecule has 0 bridgehead atoms. The summed E-state index contributed by atoms with van der Waals surface area (Å²) < 4.78 is 58.4. The van der Waals surface area contributed by atoms with E-state index in [1.807, 2.05) is 0 Å². The van der Waals surface area contributed by atoms with Crippen LogP contribution < -0.4 is 11.4 Å². The molecule has 1 aromatic heterocycles. The van der Waals surface area contributed by atoms with Crippen LogP contribution in [0.1, 0.15) is 6.23 Å². The molecule has 10 heteroatoms. The Hall–Kier alpha value is -1.68. The SMILES string of the molecule is Nc1ccn([C@@H]2O[C@H](CO)C(F)(F)C2(F)F)c(=O)n1. The van der Waals surface area contributed by atoms with Crippen LogP contribution in [0.3, 0.4) is 0 Å². The Bertz CT molecular complexity index is 548. The van der Waals surface area contributed by atoms with Crippen LogP contribution >= 0.6 is 0 Å². The zero-order valence-electron chi connectivity index (χ0n) is 9.26. The summed E-state index contributed by atoms with van der Waals surface area (Å²) in [7, 11) is 0. The summed E-state index contributed by atoms with van der Waals surface area (Å²) in [5.74, 6) is -9.51. The molecule has 106 valence electrons. The number of halogens is 4. The van der Waals surface area contributed by atoms with Crippen molar-refractivity contribution in [3.63, 3.8) is 0 Å². The predicted octanol–water partition coefficient (Wildman–Crippen LogP) is -0.0142. The molecule has 0 spiro atoms. The van der Waals surface area contributed by atoms with E-state index in [0.717, 1.165) is 12.3 Å². The Balaban J connectivity index is 2.49. The molecule has 1 saturated heterocycles. The molecule has 1 aliphatic heterocycles. The first kappa shape index (κ1) is 13.7. The maximum absolute atomic E-state index is 13.6. The molecule has 0 amide bonds. The Morgan fingerprint density at radius 2 is 2.05 bits per heavy atom. The van der Waals surface area contributed by atoms with Crippen LogP contribution in [0.2, 0.25) is 0 Å². The van der Waals surface area contributed by atoms with Crippen LogP contribution in [0.4, 0.5) is 23.4 Å². The van der Waals surface area contributed by atoms with Gasteiger partial charge in [0.1, 0.15) is 5.82 Å². The average Bonchev–Trinajstić information content (AvgIpc) is 2.47. The molecule has 1 aromatic rings. The number of hydrogen-bond donors (Lipinski definition) is 2. The fourth-order valence-corrected chi connectivity index (χ4v) is 1.71. The molecule has 0 aromatic carbocycles. The van der Waals surface area contributed by atoms with E-state index in [4.69, 9.17) is 10.8 Å². The number of ether oxygens (including phenoxy) is 1. The predicted molar refractivity (Wildman–Crippen MR) is 53.8 cm³/mol. The lowest BCUT2D eigenvalue weighted by Gasteiger charge is -2.23. The van der Waals surface area contributed by atoms with Crippen molar-refractivity contribution in [2.45, 2.75) is 24.2 Å². The third-order valence-corrected chi connectivity index (χ3v) is 2.72. The summed E-state index contributed by atoms with van der Waals surface area (Å²) >= 11 is 0. The van der Waals surface area contributed by atoms with Crippen LogP contribution in [0.15, 0.2) is 17.1 Å². The maximum Gasteiger partial charge on any atom is 0.357 e. The summed E-state index contributed by atoms with van der Waals surface area (Å²) in [5, 5.41) is 8.65. The number of hydrogen-bond acceptors (Lipinski definition) is 5. The second kappa shape index (κ2) is 4.17. The van der Waals surface area contributed by atoms with Gasteiger partial charge in [0.15, 0.2) is 6.10 Å². The molecule has 0 aliphatic carbocycles. The van der Waals surface area contributed by atoms with E-state index >= 15 is 0 Å². The van der Waals surface area contributed by atoms with Gasteiger partial charge in [0.2, 0.25) is 6.23 Å². The smallest absolute Gasteiger partial charge is 0.357 e. The Labute approximate surface area is 103 Å². The quantitative estimate of drug-likeness (QED) is 0.745. The lowest BCUT2D eigenvalue weighted by atomic mass is 10.1. The van der Waals surface area contributed by atoms with Gasteiger partial charge in [-0.3, -0.25) is 4.57 Å². The molecule has 3 N–H and O–H groups in total. The van der Waals surface area contributed by atoms with Crippen molar-refractivity contribution in [3.05, 3.63) is 22.7 Å². The van der Waals surface area contributed by atoms with Crippen molar-refractivity contribution in [2.75, 3.05) is 12.3 Å². The minimum absolute atomic E-state index is 0.208. The van der Waals surface area contributed by atoms with Gasteiger partial charge in [-0.05, 0) is 6.07 Å². The van der Waals surface area contributed by atoms with Gasteiger partial charge < -0.3 is 15.6 Å². The van der Waals surface area contributed by atoms with E-state index in [-0.39, 0.29) is 10.4 Å². The van der Waals surface area contributed by atoms with Gasteiger partial charge in [0.05, 0.1) is 6.61 Å². The minimum Gasteiger partial charge on any atom is -0.393 e. The van der Waals surface area contributed by atoms with Crippen molar-refractivity contribution in [3.8, 4) is 0 Å².